The van der Waals surface area contributed by atoms with Crippen LogP contribution in [0.3, 0.4) is 0 Å². The van der Waals surface area contributed by atoms with E-state index in [9.17, 15) is 0 Å². The fourth-order valence-corrected chi connectivity index (χ4v) is 2.53. The molecule has 6 nitrogen and oxygen atoms in total. The van der Waals surface area contributed by atoms with E-state index < -0.39 is 0 Å². The predicted molar refractivity (Wildman–Crippen MR) is 84.5 cm³/mol. The van der Waals surface area contributed by atoms with Gasteiger partial charge in [-0.15, -0.1) is 10.2 Å². The lowest BCUT2D eigenvalue weighted by Gasteiger charge is -2.03. The van der Waals surface area contributed by atoms with Gasteiger partial charge in [0, 0.05) is 11.8 Å². The molecule has 0 atom stereocenters. The Balaban J connectivity index is 1.77. The van der Waals surface area contributed by atoms with Crippen LogP contribution in [0.1, 0.15) is 17.1 Å². The van der Waals surface area contributed by atoms with Gasteiger partial charge in [0.1, 0.15) is 0 Å². The van der Waals surface area contributed by atoms with Gasteiger partial charge in [-0.25, -0.2) is 0 Å². The van der Waals surface area contributed by atoms with E-state index in [1.807, 2.05) is 37.3 Å². The molecule has 3 heterocycles. The molecular weight excluding hydrogens is 276 g/mol. The van der Waals surface area contributed by atoms with Crippen molar-refractivity contribution in [3.63, 3.8) is 0 Å². The van der Waals surface area contributed by atoms with Crippen molar-refractivity contribution in [1.29, 1.82) is 0 Å². The molecule has 0 aliphatic carbocycles. The van der Waals surface area contributed by atoms with Crippen LogP contribution in [-0.2, 0) is 6.42 Å². The van der Waals surface area contributed by atoms with Crippen molar-refractivity contribution in [1.82, 2.24) is 24.8 Å². The Labute approximate surface area is 126 Å². The number of nitrogens with two attached hydrogens (primary N) is 1. The van der Waals surface area contributed by atoms with E-state index in [1.54, 1.807) is 10.7 Å². The highest BCUT2D eigenvalue weighted by Gasteiger charge is 2.08. The number of hydrogen-bond donors (Lipinski definition) is 1. The minimum Gasteiger partial charge on any atom is -0.397 e. The number of nitrogen functional groups attached to an aromatic ring is 1. The second kappa shape index (κ2) is 4.77. The summed E-state index contributed by atoms with van der Waals surface area (Å²) in [6.45, 7) is 1.95. The smallest absolute Gasteiger partial charge is 0.177 e. The average Bonchev–Trinajstić information content (AvgIpc) is 2.89. The molecule has 0 fully saturated rings. The van der Waals surface area contributed by atoms with Gasteiger partial charge < -0.3 is 5.73 Å². The van der Waals surface area contributed by atoms with Crippen molar-refractivity contribution in [3.8, 4) is 0 Å². The van der Waals surface area contributed by atoms with Gasteiger partial charge in [-0.05, 0) is 42.8 Å². The largest absolute Gasteiger partial charge is 0.397 e. The highest BCUT2D eigenvalue weighted by atomic mass is 15.4. The van der Waals surface area contributed by atoms with Crippen LogP contribution in [0, 0.1) is 6.92 Å². The van der Waals surface area contributed by atoms with Crippen molar-refractivity contribution in [2.75, 3.05) is 5.73 Å². The Morgan fingerprint density at radius 3 is 2.91 bits per heavy atom. The fourth-order valence-electron chi connectivity index (χ4n) is 2.53. The molecule has 0 bridgehead atoms. The minimum absolute atomic E-state index is 0.655. The van der Waals surface area contributed by atoms with Gasteiger partial charge in [0.25, 0.3) is 0 Å². The second-order valence-corrected chi connectivity index (χ2v) is 5.33. The first-order chi connectivity index (χ1) is 10.7. The third-order valence-corrected chi connectivity index (χ3v) is 3.59. The average molecular weight is 290 g/mol. The van der Waals surface area contributed by atoms with Gasteiger partial charge in [0.05, 0.1) is 23.1 Å². The Morgan fingerprint density at radius 2 is 2.00 bits per heavy atom. The summed E-state index contributed by atoms with van der Waals surface area (Å²) >= 11 is 0. The van der Waals surface area contributed by atoms with Crippen LogP contribution in [0.5, 0.6) is 0 Å². The molecule has 1 aromatic carbocycles. The molecule has 0 radical (unpaired) electrons. The van der Waals surface area contributed by atoms with Gasteiger partial charge in [0.15, 0.2) is 11.5 Å². The van der Waals surface area contributed by atoms with Crippen LogP contribution >= 0.6 is 0 Å². The maximum Gasteiger partial charge on any atom is 0.177 e. The molecule has 0 spiro atoms. The third kappa shape index (κ3) is 2.14. The number of aryl methyl sites for hydroxylation is 1. The molecule has 4 aromatic rings. The van der Waals surface area contributed by atoms with E-state index in [1.165, 1.54) is 0 Å². The monoisotopic (exact) mass is 290 g/mol. The van der Waals surface area contributed by atoms with Crippen molar-refractivity contribution in [3.05, 3.63) is 59.7 Å². The number of anilines is 1. The highest BCUT2D eigenvalue weighted by Crippen LogP contribution is 2.18. The number of fused-ring (bicyclic) bond motifs is 2. The summed E-state index contributed by atoms with van der Waals surface area (Å²) in [6.07, 6.45) is 2.32. The maximum absolute atomic E-state index is 5.80. The zero-order valence-corrected chi connectivity index (χ0v) is 12.1. The lowest BCUT2D eigenvalue weighted by Crippen LogP contribution is -2.01. The number of pyridine rings is 1. The van der Waals surface area contributed by atoms with E-state index >= 15 is 0 Å². The highest BCUT2D eigenvalue weighted by molar-refractivity contribution is 5.81. The number of rotatable bonds is 2. The van der Waals surface area contributed by atoms with E-state index in [-0.39, 0.29) is 0 Å². The molecule has 4 rings (SSSR count). The Bertz CT molecular complexity index is 988. The molecule has 0 unspecified atom stereocenters. The summed E-state index contributed by atoms with van der Waals surface area (Å²) in [5.74, 6) is 0.815. The molecule has 22 heavy (non-hydrogen) atoms. The van der Waals surface area contributed by atoms with Gasteiger partial charge in [-0.3, -0.25) is 4.98 Å². The summed E-state index contributed by atoms with van der Waals surface area (Å²) in [5.41, 5.74) is 10.2. The predicted octanol–water partition coefficient (Wildman–Crippen LogP) is 2.15. The molecule has 2 N–H and O–H groups in total. The summed E-state index contributed by atoms with van der Waals surface area (Å²) < 4.78 is 1.79. The van der Waals surface area contributed by atoms with Gasteiger partial charge in [0.2, 0.25) is 0 Å². The maximum atomic E-state index is 5.80. The lowest BCUT2D eigenvalue weighted by atomic mass is 10.1. The van der Waals surface area contributed by atoms with Crippen LogP contribution in [0.2, 0.25) is 0 Å². The van der Waals surface area contributed by atoms with Crippen molar-refractivity contribution >= 4 is 22.2 Å². The Hall–Kier alpha value is -3.02. The van der Waals surface area contributed by atoms with Crippen LogP contribution in [0.15, 0.2) is 42.6 Å². The summed E-state index contributed by atoms with van der Waals surface area (Å²) in [7, 11) is 0. The Kier molecular flexibility index (Phi) is 2.75. The van der Waals surface area contributed by atoms with Gasteiger partial charge in [-0.2, -0.15) is 9.61 Å². The summed E-state index contributed by atoms with van der Waals surface area (Å²) in [5, 5.41) is 13.9. The first-order valence-electron chi connectivity index (χ1n) is 7.01. The standard InChI is InChI=1S/C16H14N6/c1-10-2-5-15-19-20-16(22(15)21-10)7-11-3-4-14-12(6-11)8-13(17)9-18-14/h2-6,8-9H,7,17H2,1H3. The first kappa shape index (κ1) is 12.7. The van der Waals surface area contributed by atoms with Crippen molar-refractivity contribution in [2.45, 2.75) is 13.3 Å². The van der Waals surface area contributed by atoms with E-state index in [0.29, 0.717) is 12.1 Å². The molecule has 0 saturated heterocycles. The SMILES string of the molecule is Cc1ccc2nnc(Cc3ccc4ncc(N)cc4c3)n2n1. The quantitative estimate of drug-likeness (QED) is 0.611. The van der Waals surface area contributed by atoms with Crippen LogP contribution in [0.4, 0.5) is 5.69 Å². The molecule has 0 amide bonds. The van der Waals surface area contributed by atoms with Gasteiger partial charge in [-0.1, -0.05) is 6.07 Å². The molecule has 0 aliphatic heterocycles. The molecule has 108 valence electrons. The van der Waals surface area contributed by atoms with E-state index in [0.717, 1.165) is 33.6 Å². The molecular formula is C16H14N6. The molecule has 0 saturated carbocycles. The van der Waals surface area contributed by atoms with Crippen LogP contribution in [-0.4, -0.2) is 24.8 Å². The van der Waals surface area contributed by atoms with Gasteiger partial charge >= 0.3 is 0 Å². The van der Waals surface area contributed by atoms with E-state index in [2.05, 4.69) is 26.3 Å². The minimum atomic E-state index is 0.655. The second-order valence-electron chi connectivity index (χ2n) is 5.33. The number of nitrogens with zero attached hydrogens (tertiary/aromatic N) is 5. The fraction of sp³-hybridized carbons (Fsp3) is 0.125. The summed E-state index contributed by atoms with van der Waals surface area (Å²) in [4.78, 5) is 4.31. The number of hydrogen-bond acceptors (Lipinski definition) is 5. The topological polar surface area (TPSA) is 82.0 Å². The first-order valence-corrected chi connectivity index (χ1v) is 7.01. The molecule has 3 aromatic heterocycles. The summed E-state index contributed by atoms with van der Waals surface area (Å²) in [6, 6.07) is 11.9. The Morgan fingerprint density at radius 1 is 1.09 bits per heavy atom. The van der Waals surface area contributed by atoms with Crippen LogP contribution < -0.4 is 5.73 Å². The zero-order valence-electron chi connectivity index (χ0n) is 12.1. The zero-order chi connectivity index (χ0) is 15.1. The number of aromatic nitrogens is 5. The molecule has 6 heteroatoms. The van der Waals surface area contributed by atoms with Crippen molar-refractivity contribution < 1.29 is 0 Å². The molecule has 0 aliphatic rings. The van der Waals surface area contributed by atoms with E-state index in [4.69, 9.17) is 5.73 Å². The lowest BCUT2D eigenvalue weighted by molar-refractivity contribution is 0.821. The van der Waals surface area contributed by atoms with Crippen molar-refractivity contribution in [2.24, 2.45) is 0 Å². The number of benzene rings is 1. The third-order valence-electron chi connectivity index (χ3n) is 3.59. The van der Waals surface area contributed by atoms with Crippen LogP contribution in [0.25, 0.3) is 16.6 Å². The normalized spacial score (nSPS) is 11.3.